The molecule has 9 aromatic rings. The maximum Gasteiger partial charge on any atom is 0.0752 e. The lowest BCUT2D eigenvalue weighted by molar-refractivity contribution is 0.513. The Labute approximate surface area is 337 Å². The lowest BCUT2D eigenvalue weighted by Crippen LogP contribution is -2.46. The van der Waals surface area contributed by atoms with E-state index in [1.54, 1.807) is 0 Å². The second-order valence-corrected chi connectivity index (χ2v) is 24.5. The molecule has 274 valence electrons. The number of fused-ring (bicyclic) bond motifs is 10. The minimum absolute atomic E-state index is 0.870. The second kappa shape index (κ2) is 12.3. The van der Waals surface area contributed by atoms with Gasteiger partial charge in [-0.2, -0.15) is 0 Å². The molecule has 0 fully saturated rings. The fraction of sp³-hybridized carbons (Fsp3) is 0.125. The van der Waals surface area contributed by atoms with E-state index in [0.717, 1.165) is 24.5 Å². The smallest absolute Gasteiger partial charge is 0.0752 e. The number of hydrogen-bond donors (Lipinski definition) is 0. The van der Waals surface area contributed by atoms with Crippen molar-refractivity contribution >= 4 is 118 Å². The van der Waals surface area contributed by atoms with Crippen molar-refractivity contribution in [2.45, 2.75) is 20.8 Å². The van der Waals surface area contributed by atoms with Gasteiger partial charge in [-0.3, -0.25) is 4.67 Å². The van der Waals surface area contributed by atoms with Gasteiger partial charge in [0, 0.05) is 73.3 Å². The van der Waals surface area contributed by atoms with E-state index in [1.807, 2.05) is 0 Å². The van der Waals surface area contributed by atoms with Crippen LogP contribution in [-0.4, -0.2) is 33.6 Å². The summed E-state index contributed by atoms with van der Waals surface area (Å²) in [5.74, 6) is 0. The van der Waals surface area contributed by atoms with Crippen LogP contribution in [0.4, 0.5) is 17.1 Å². The van der Waals surface area contributed by atoms with Gasteiger partial charge in [0.05, 0.1) is 45.3 Å². The van der Waals surface area contributed by atoms with Crippen LogP contribution in [0.15, 0.2) is 146 Å². The number of benzene rings is 7. The van der Waals surface area contributed by atoms with Crippen molar-refractivity contribution in [1.29, 1.82) is 0 Å². The molecule has 0 aliphatic carbocycles. The minimum atomic E-state index is -2.52. The van der Waals surface area contributed by atoms with Crippen molar-refractivity contribution in [3.63, 3.8) is 0 Å². The monoisotopic (exact) mass is 798 g/mol. The van der Waals surface area contributed by atoms with E-state index in [1.165, 1.54) is 87.5 Å². The van der Waals surface area contributed by atoms with Gasteiger partial charge in [-0.15, -0.1) is 0 Å². The second-order valence-electron chi connectivity index (χ2n) is 15.2. The van der Waals surface area contributed by atoms with Gasteiger partial charge in [0.1, 0.15) is 0 Å². The molecule has 2 aromatic heterocycles. The summed E-state index contributed by atoms with van der Waals surface area (Å²) in [7, 11) is 0. The van der Waals surface area contributed by atoms with Crippen LogP contribution >= 0.6 is 12.2 Å². The zero-order valence-corrected chi connectivity index (χ0v) is 35.2. The van der Waals surface area contributed by atoms with Crippen molar-refractivity contribution in [2.24, 2.45) is 0 Å². The van der Waals surface area contributed by atoms with Crippen LogP contribution < -0.4 is 26.1 Å². The summed E-state index contributed by atoms with van der Waals surface area (Å²) in [4.78, 5) is 2.53. The Hall–Kier alpha value is -4.80. The Balaban J connectivity index is 1.21. The molecule has 7 aromatic carbocycles. The van der Waals surface area contributed by atoms with Gasteiger partial charge in [0.2, 0.25) is 0 Å². The van der Waals surface area contributed by atoms with E-state index in [0.29, 0.717) is 0 Å². The Bertz CT molecular complexity index is 3140. The van der Waals surface area contributed by atoms with Crippen LogP contribution in [0.3, 0.4) is 0 Å². The fourth-order valence-corrected chi connectivity index (χ4v) is 17.9. The lowest BCUT2D eigenvalue weighted by Gasteiger charge is -2.48. The van der Waals surface area contributed by atoms with E-state index < -0.39 is 12.2 Å². The van der Waals surface area contributed by atoms with Crippen LogP contribution in [-0.2, 0) is 23.6 Å². The van der Waals surface area contributed by atoms with E-state index in [-0.39, 0.29) is 0 Å². The molecule has 2 aliphatic rings. The molecular formula is C48H40N4P2S2. The molecule has 0 spiro atoms. The number of aryl methyl sites for hydroxylation is 1. The number of rotatable bonds is 5. The first kappa shape index (κ1) is 34.4. The third-order valence-corrected chi connectivity index (χ3v) is 21.2. The fourth-order valence-electron chi connectivity index (χ4n) is 9.75. The molecule has 4 nitrogen and oxygen atoms in total. The molecule has 2 aliphatic heterocycles. The van der Waals surface area contributed by atoms with Crippen molar-refractivity contribution in [3.8, 4) is 11.4 Å². The Morgan fingerprint density at radius 3 is 1.38 bits per heavy atom. The highest BCUT2D eigenvalue weighted by molar-refractivity contribution is 8.22. The molecule has 4 heterocycles. The van der Waals surface area contributed by atoms with Gasteiger partial charge in [-0.1, -0.05) is 110 Å². The highest BCUT2D eigenvalue weighted by Crippen LogP contribution is 2.62. The molecule has 0 radical (unpaired) electrons. The molecule has 8 heteroatoms. The van der Waals surface area contributed by atoms with Crippen molar-refractivity contribution < 1.29 is 0 Å². The number of nitrogens with zero attached hydrogens (tertiary/aromatic N) is 4. The average Bonchev–Trinajstić information content (AvgIpc) is 3.74. The maximum atomic E-state index is 7.22. The largest absolute Gasteiger partial charge is 0.309 e. The van der Waals surface area contributed by atoms with E-state index in [2.05, 4.69) is 192 Å². The van der Waals surface area contributed by atoms with Gasteiger partial charge in [-0.25, -0.2) is 0 Å². The summed E-state index contributed by atoms with van der Waals surface area (Å²) in [5, 5.41) is 10.1. The predicted molar refractivity (Wildman–Crippen MR) is 250 cm³/mol. The molecular weight excluding hydrogens is 759 g/mol. The van der Waals surface area contributed by atoms with Crippen LogP contribution in [0.25, 0.3) is 55.0 Å². The van der Waals surface area contributed by atoms with Gasteiger partial charge >= 0.3 is 0 Å². The Morgan fingerprint density at radius 1 is 0.500 bits per heavy atom. The number of hydrogen-bond acceptors (Lipinski definition) is 3. The van der Waals surface area contributed by atoms with Gasteiger partial charge < -0.3 is 14.0 Å². The van der Waals surface area contributed by atoms with Crippen LogP contribution in [0.1, 0.15) is 19.4 Å². The topological polar surface area (TPSA) is 16.3 Å². The van der Waals surface area contributed by atoms with Crippen LogP contribution in [0, 0.1) is 6.92 Å². The SMILES string of the molecule is CCN(CC)P1(=S)c2cc(-n3c4ccccc4c4ccccc43)ccc2N2c3ccc(-n4c5ccccc5c5ccccc54)cc3P(C)(=S)c3cc(C)cc1c32. The molecule has 0 saturated heterocycles. The maximum absolute atomic E-state index is 7.22. The normalized spacial score (nSPS) is 18.6. The summed E-state index contributed by atoms with van der Waals surface area (Å²) in [6, 6.07) is 51.6. The van der Waals surface area contributed by atoms with Gasteiger partial charge in [-0.05, 0) is 91.9 Å². The summed E-state index contributed by atoms with van der Waals surface area (Å²) in [6.07, 6.45) is -2.52. The molecule has 2 unspecified atom stereocenters. The number of para-hydroxylation sites is 4. The van der Waals surface area contributed by atoms with E-state index >= 15 is 0 Å². The summed E-state index contributed by atoms with van der Waals surface area (Å²) >= 11 is 14.1. The van der Waals surface area contributed by atoms with Crippen molar-refractivity contribution in [1.82, 2.24) is 13.8 Å². The van der Waals surface area contributed by atoms with Gasteiger partial charge in [0.25, 0.3) is 0 Å². The summed E-state index contributed by atoms with van der Waals surface area (Å²) < 4.78 is 7.42. The number of anilines is 3. The average molecular weight is 799 g/mol. The molecule has 2 atom stereocenters. The van der Waals surface area contributed by atoms with E-state index in [4.69, 9.17) is 23.6 Å². The number of aromatic nitrogens is 2. The molecule has 0 amide bonds. The van der Waals surface area contributed by atoms with E-state index in [9.17, 15) is 0 Å². The van der Waals surface area contributed by atoms with Crippen LogP contribution in [0.2, 0.25) is 0 Å². The Morgan fingerprint density at radius 2 is 0.911 bits per heavy atom. The molecule has 11 rings (SSSR count). The standard InChI is InChI=1S/C48H40N4P2S2/c1-5-49(6-2)54(56)45-30-33(51-40-21-13-9-17-36(40)37-18-10-14-22-41(37)51)24-26-43(45)52-42-25-23-32(29-44(42)53(4,55)46-27-31(3)28-47(54)48(46)52)50-38-19-11-7-15-34(38)35-16-8-12-20-39(35)50/h7-30H,5-6H2,1-4H3. The third-order valence-electron chi connectivity index (χ3n) is 12.2. The third kappa shape index (κ3) is 4.51. The minimum Gasteiger partial charge on any atom is -0.309 e. The van der Waals surface area contributed by atoms with Crippen molar-refractivity contribution in [3.05, 3.63) is 151 Å². The molecule has 56 heavy (non-hydrogen) atoms. The van der Waals surface area contributed by atoms with Gasteiger partial charge in [0.15, 0.2) is 0 Å². The highest BCUT2D eigenvalue weighted by Gasteiger charge is 2.46. The molecule has 0 bridgehead atoms. The first-order valence-corrected chi connectivity index (χ1v) is 25.4. The Kier molecular flexibility index (Phi) is 7.60. The first-order valence-electron chi connectivity index (χ1n) is 19.4. The molecule has 0 saturated carbocycles. The van der Waals surface area contributed by atoms with Crippen LogP contribution in [0.5, 0.6) is 0 Å². The lowest BCUT2D eigenvalue weighted by atomic mass is 10.1. The molecule has 0 N–H and O–H groups in total. The predicted octanol–water partition coefficient (Wildman–Crippen LogP) is 11.0. The highest BCUT2D eigenvalue weighted by atomic mass is 32.4. The summed E-state index contributed by atoms with van der Waals surface area (Å²) in [6.45, 7) is 10.8. The first-order chi connectivity index (χ1) is 27.2. The van der Waals surface area contributed by atoms with Crippen molar-refractivity contribution in [2.75, 3.05) is 24.7 Å². The quantitative estimate of drug-likeness (QED) is 0.161. The zero-order valence-electron chi connectivity index (χ0n) is 31.8. The zero-order chi connectivity index (χ0) is 38.1. The summed E-state index contributed by atoms with van der Waals surface area (Å²) in [5.41, 5.74) is 11.9.